The number of hydrogen-bond donors (Lipinski definition) is 0. The third-order valence-electron chi connectivity index (χ3n) is 6.26. The average molecular weight is 503 g/mol. The Labute approximate surface area is 199 Å². The van der Waals surface area contributed by atoms with Gasteiger partial charge in [-0.05, 0) is 51.0 Å². The summed E-state index contributed by atoms with van der Waals surface area (Å²) in [5, 5.41) is 4.34. The largest absolute Gasteiger partial charge is 0.412 e. The number of amidine groups is 1. The standard InChI is InChI=1S/C23H40FN2O5PSi/c1-10-28-32(27,29-11-2)17-21-25-31-23(7,19-12-14-20(24)15-13-19)26(21)16-18(3)30-33(8,9)22(4,5)6/h12-15,18H,10-11,16-17H2,1-9H3. The molecule has 2 rings (SSSR count). The minimum absolute atomic E-state index is 0.0295. The van der Waals surface area contributed by atoms with Gasteiger partial charge in [-0.3, -0.25) is 4.57 Å². The van der Waals surface area contributed by atoms with Crippen molar-refractivity contribution < 1.29 is 27.3 Å². The molecule has 0 N–H and O–H groups in total. The predicted octanol–water partition coefficient (Wildman–Crippen LogP) is 6.32. The molecule has 0 bridgehead atoms. The molecule has 2 atom stereocenters. The van der Waals surface area contributed by atoms with Crippen molar-refractivity contribution in [1.29, 1.82) is 0 Å². The van der Waals surface area contributed by atoms with Gasteiger partial charge in [0.15, 0.2) is 14.2 Å². The van der Waals surface area contributed by atoms with Gasteiger partial charge in [0.25, 0.3) is 0 Å². The summed E-state index contributed by atoms with van der Waals surface area (Å²) in [7, 11) is -5.45. The Kier molecular flexibility index (Phi) is 8.96. The molecule has 1 aliphatic rings. The van der Waals surface area contributed by atoms with Crippen LogP contribution in [0.3, 0.4) is 0 Å². The molecule has 1 aliphatic heterocycles. The van der Waals surface area contributed by atoms with Crippen molar-refractivity contribution in [2.24, 2.45) is 5.16 Å². The highest BCUT2D eigenvalue weighted by atomic mass is 31.2. The average Bonchev–Trinajstić information content (AvgIpc) is 2.98. The van der Waals surface area contributed by atoms with Gasteiger partial charge in [-0.1, -0.05) is 38.1 Å². The van der Waals surface area contributed by atoms with E-state index in [4.69, 9.17) is 18.3 Å². The van der Waals surface area contributed by atoms with Crippen LogP contribution >= 0.6 is 7.60 Å². The van der Waals surface area contributed by atoms with Crippen LogP contribution in [0.1, 0.15) is 54.0 Å². The fourth-order valence-corrected chi connectivity index (χ4v) is 6.57. The van der Waals surface area contributed by atoms with Gasteiger partial charge in [0.2, 0.25) is 5.72 Å². The number of nitrogens with zero attached hydrogens (tertiary/aromatic N) is 2. The maximum absolute atomic E-state index is 13.6. The van der Waals surface area contributed by atoms with Gasteiger partial charge in [0.05, 0.1) is 19.3 Å². The van der Waals surface area contributed by atoms with Gasteiger partial charge >= 0.3 is 7.60 Å². The van der Waals surface area contributed by atoms with E-state index in [2.05, 4.69) is 39.0 Å². The van der Waals surface area contributed by atoms with Crippen molar-refractivity contribution in [3.63, 3.8) is 0 Å². The summed E-state index contributed by atoms with van der Waals surface area (Å²) in [6.45, 7) is 19.4. The molecular formula is C23H40FN2O5PSi. The summed E-state index contributed by atoms with van der Waals surface area (Å²) in [6.07, 6.45) is -0.186. The molecule has 1 aromatic rings. The van der Waals surface area contributed by atoms with E-state index < -0.39 is 21.6 Å². The van der Waals surface area contributed by atoms with Gasteiger partial charge in [0, 0.05) is 19.0 Å². The van der Waals surface area contributed by atoms with Crippen LogP contribution in [-0.2, 0) is 28.6 Å². The number of hydrogen-bond acceptors (Lipinski definition) is 7. The van der Waals surface area contributed by atoms with Crippen molar-refractivity contribution in [3.05, 3.63) is 35.6 Å². The first-order chi connectivity index (χ1) is 15.2. The summed E-state index contributed by atoms with van der Waals surface area (Å²) in [4.78, 5) is 7.84. The molecule has 0 aliphatic carbocycles. The van der Waals surface area contributed by atoms with Gasteiger partial charge in [-0.25, -0.2) is 4.39 Å². The SMILES string of the molecule is CCOP(=O)(CC1=NOC(C)(c2ccc(F)cc2)N1CC(C)O[Si](C)(C)C(C)(C)C)OCC. The van der Waals surface area contributed by atoms with Crippen LogP contribution in [-0.4, -0.2) is 51.1 Å². The lowest BCUT2D eigenvalue weighted by Crippen LogP contribution is -2.51. The normalized spacial score (nSPS) is 20.5. The van der Waals surface area contributed by atoms with Crippen LogP contribution in [0, 0.1) is 5.82 Å². The molecule has 0 aromatic heterocycles. The summed E-state index contributed by atoms with van der Waals surface area (Å²) < 4.78 is 44.4. The van der Waals surface area contributed by atoms with Crippen LogP contribution in [0.2, 0.25) is 18.1 Å². The van der Waals surface area contributed by atoms with Crippen molar-refractivity contribution in [2.75, 3.05) is 25.9 Å². The van der Waals surface area contributed by atoms with Gasteiger partial charge in [-0.15, -0.1) is 0 Å². The predicted molar refractivity (Wildman–Crippen MR) is 132 cm³/mol. The summed E-state index contributed by atoms with van der Waals surface area (Å²) in [6, 6.07) is 6.12. The summed E-state index contributed by atoms with van der Waals surface area (Å²) >= 11 is 0. The van der Waals surface area contributed by atoms with Crippen LogP contribution in [0.4, 0.5) is 4.39 Å². The van der Waals surface area contributed by atoms with Gasteiger partial charge in [-0.2, -0.15) is 0 Å². The van der Waals surface area contributed by atoms with E-state index in [1.165, 1.54) is 12.1 Å². The van der Waals surface area contributed by atoms with Crippen LogP contribution in [0.25, 0.3) is 0 Å². The fraction of sp³-hybridized carbons (Fsp3) is 0.696. The highest BCUT2D eigenvalue weighted by molar-refractivity contribution is 7.54. The number of halogens is 1. The van der Waals surface area contributed by atoms with E-state index in [9.17, 15) is 8.96 Å². The van der Waals surface area contributed by atoms with Crippen LogP contribution < -0.4 is 0 Å². The molecule has 0 saturated carbocycles. The zero-order valence-corrected chi connectivity index (χ0v) is 23.4. The molecule has 0 fully saturated rings. The third kappa shape index (κ3) is 6.66. The van der Waals surface area contributed by atoms with Crippen molar-refractivity contribution in [2.45, 2.75) is 78.4 Å². The molecule has 0 radical (unpaired) electrons. The maximum Gasteiger partial charge on any atom is 0.338 e. The Morgan fingerprint density at radius 2 is 1.73 bits per heavy atom. The lowest BCUT2D eigenvalue weighted by Gasteiger charge is -2.41. The first-order valence-corrected chi connectivity index (χ1v) is 16.2. The topological polar surface area (TPSA) is 69.6 Å². The quantitative estimate of drug-likeness (QED) is 0.260. The number of benzene rings is 1. The Bertz CT molecular complexity index is 865. The van der Waals surface area contributed by atoms with Crippen LogP contribution in [0.5, 0.6) is 0 Å². The molecule has 188 valence electrons. The Balaban J connectivity index is 2.38. The molecule has 1 heterocycles. The Morgan fingerprint density at radius 1 is 1.18 bits per heavy atom. The first kappa shape index (κ1) is 28.0. The van der Waals surface area contributed by atoms with E-state index >= 15 is 0 Å². The van der Waals surface area contributed by atoms with E-state index in [1.807, 2.05) is 18.7 Å². The molecule has 2 unspecified atom stereocenters. The minimum Gasteiger partial charge on any atom is -0.412 e. The van der Waals surface area contributed by atoms with E-state index in [0.717, 1.165) is 5.56 Å². The Hall–Kier alpha value is -1.25. The number of oxime groups is 1. The van der Waals surface area contributed by atoms with Crippen molar-refractivity contribution in [1.82, 2.24) is 4.90 Å². The smallest absolute Gasteiger partial charge is 0.338 e. The van der Waals surface area contributed by atoms with E-state index in [1.54, 1.807) is 26.0 Å². The Morgan fingerprint density at radius 3 is 2.21 bits per heavy atom. The zero-order chi connectivity index (χ0) is 25.1. The number of rotatable bonds is 11. The van der Waals surface area contributed by atoms with Crippen molar-refractivity contribution >= 4 is 21.7 Å². The molecule has 0 saturated heterocycles. The second-order valence-corrected chi connectivity index (χ2v) is 16.8. The molecule has 33 heavy (non-hydrogen) atoms. The summed E-state index contributed by atoms with van der Waals surface area (Å²) in [5.74, 6) is 0.123. The highest BCUT2D eigenvalue weighted by Gasteiger charge is 2.47. The lowest BCUT2D eigenvalue weighted by molar-refractivity contribution is -0.0977. The maximum atomic E-state index is 13.6. The van der Waals surface area contributed by atoms with E-state index in [0.29, 0.717) is 12.4 Å². The molecule has 1 aromatic carbocycles. The van der Waals surface area contributed by atoms with E-state index in [-0.39, 0.29) is 36.3 Å². The second kappa shape index (κ2) is 10.6. The highest BCUT2D eigenvalue weighted by Crippen LogP contribution is 2.50. The molecule has 10 heteroatoms. The zero-order valence-electron chi connectivity index (χ0n) is 21.5. The minimum atomic E-state index is -3.42. The monoisotopic (exact) mass is 502 g/mol. The molecular weight excluding hydrogens is 462 g/mol. The first-order valence-electron chi connectivity index (χ1n) is 11.5. The summed E-state index contributed by atoms with van der Waals surface area (Å²) in [5.41, 5.74) is -0.290. The lowest BCUT2D eigenvalue weighted by atomic mass is 10.0. The van der Waals surface area contributed by atoms with Gasteiger partial charge < -0.3 is 23.2 Å². The van der Waals surface area contributed by atoms with Crippen molar-refractivity contribution in [3.8, 4) is 0 Å². The fourth-order valence-electron chi connectivity index (χ4n) is 3.52. The molecule has 0 spiro atoms. The second-order valence-electron chi connectivity index (χ2n) is 9.99. The van der Waals surface area contributed by atoms with Crippen LogP contribution in [0.15, 0.2) is 29.4 Å². The molecule has 0 amide bonds. The third-order valence-corrected chi connectivity index (χ3v) is 12.8. The molecule has 7 nitrogen and oxygen atoms in total. The van der Waals surface area contributed by atoms with Gasteiger partial charge in [0.1, 0.15) is 12.0 Å².